The van der Waals surface area contributed by atoms with Crippen LogP contribution in [-0.4, -0.2) is 41.5 Å². The van der Waals surface area contributed by atoms with Gasteiger partial charge >= 0.3 is 0 Å². The van der Waals surface area contributed by atoms with E-state index in [1.54, 1.807) is 26.0 Å². The van der Waals surface area contributed by atoms with Gasteiger partial charge in [-0.15, -0.1) is 0 Å². The number of rotatable bonds is 6. The second-order valence-electron chi connectivity index (χ2n) is 6.65. The van der Waals surface area contributed by atoms with Crippen LogP contribution < -0.4 is 20.1 Å². The van der Waals surface area contributed by atoms with E-state index in [0.717, 1.165) is 5.56 Å². The standard InChI is InChI=1S/C20H20N4O6/c1-11-17(22-9-29-11)19(25)21-8-14(24-20(26)18-12(2)30-10-23-18)13-3-4-15-16(7-13)28-6-5-27-15/h3-4,7,9-10,14H,5-6,8H2,1-2H3,(H,21,25)(H,24,26)/t14-/m1/s1. The first-order valence-electron chi connectivity index (χ1n) is 9.31. The predicted octanol–water partition coefficient (Wildman–Crippen LogP) is 1.95. The molecule has 1 atom stereocenters. The van der Waals surface area contributed by atoms with E-state index in [0.29, 0.717) is 36.2 Å². The highest BCUT2D eigenvalue weighted by Gasteiger charge is 2.23. The number of carbonyl (C=O) groups excluding carboxylic acids is 2. The number of nitrogens with zero attached hydrogens (tertiary/aromatic N) is 2. The molecule has 0 unspecified atom stereocenters. The van der Waals surface area contributed by atoms with Crippen molar-refractivity contribution < 1.29 is 27.9 Å². The lowest BCUT2D eigenvalue weighted by atomic mass is 10.0. The van der Waals surface area contributed by atoms with Gasteiger partial charge in [-0.25, -0.2) is 9.97 Å². The minimum Gasteiger partial charge on any atom is -0.486 e. The summed E-state index contributed by atoms with van der Waals surface area (Å²) in [6.07, 6.45) is 2.41. The van der Waals surface area contributed by atoms with E-state index in [4.69, 9.17) is 18.3 Å². The summed E-state index contributed by atoms with van der Waals surface area (Å²) in [5.74, 6) is 1.18. The van der Waals surface area contributed by atoms with Crippen LogP contribution in [0.5, 0.6) is 11.5 Å². The number of oxazole rings is 2. The molecule has 4 rings (SSSR count). The second-order valence-corrected chi connectivity index (χ2v) is 6.65. The average molecular weight is 412 g/mol. The molecule has 0 bridgehead atoms. The Bertz CT molecular complexity index is 1070. The number of aryl methyl sites for hydroxylation is 2. The number of carbonyl (C=O) groups is 2. The molecule has 0 saturated carbocycles. The third-order valence-electron chi connectivity index (χ3n) is 4.66. The average Bonchev–Trinajstić information content (AvgIpc) is 3.38. The number of fused-ring (bicyclic) bond motifs is 1. The van der Waals surface area contributed by atoms with Gasteiger partial charge in [-0.2, -0.15) is 0 Å². The van der Waals surface area contributed by atoms with Crippen molar-refractivity contribution in [2.45, 2.75) is 19.9 Å². The molecule has 2 N–H and O–H groups in total. The number of benzene rings is 1. The highest BCUT2D eigenvalue weighted by atomic mass is 16.6. The molecule has 1 aromatic carbocycles. The molecule has 0 spiro atoms. The molecule has 30 heavy (non-hydrogen) atoms. The van der Waals surface area contributed by atoms with E-state index in [1.165, 1.54) is 12.8 Å². The SMILES string of the molecule is Cc1ocnc1C(=O)NC[C@@H](NC(=O)c1ncoc1C)c1ccc2c(c1)OCCO2. The first-order valence-corrected chi connectivity index (χ1v) is 9.31. The summed E-state index contributed by atoms with van der Waals surface area (Å²) >= 11 is 0. The lowest BCUT2D eigenvalue weighted by molar-refractivity contribution is 0.0902. The highest BCUT2D eigenvalue weighted by Crippen LogP contribution is 2.32. The van der Waals surface area contributed by atoms with Gasteiger partial charge in [-0.3, -0.25) is 9.59 Å². The van der Waals surface area contributed by atoms with Crippen LogP contribution in [0, 0.1) is 13.8 Å². The summed E-state index contributed by atoms with van der Waals surface area (Å²) in [5.41, 5.74) is 1.09. The van der Waals surface area contributed by atoms with Gasteiger partial charge in [0.05, 0.1) is 6.04 Å². The molecule has 3 heterocycles. The van der Waals surface area contributed by atoms with Gasteiger partial charge in [0.15, 0.2) is 35.7 Å². The summed E-state index contributed by atoms with van der Waals surface area (Å²) in [6.45, 7) is 4.32. The monoisotopic (exact) mass is 412 g/mol. The van der Waals surface area contributed by atoms with Crippen LogP contribution >= 0.6 is 0 Å². The second kappa shape index (κ2) is 8.27. The fraction of sp³-hybridized carbons (Fsp3) is 0.300. The number of amides is 2. The molecular weight excluding hydrogens is 392 g/mol. The van der Waals surface area contributed by atoms with Crippen LogP contribution in [0.3, 0.4) is 0 Å². The molecular formula is C20H20N4O6. The zero-order valence-electron chi connectivity index (χ0n) is 16.4. The Balaban J connectivity index is 1.56. The van der Waals surface area contributed by atoms with Gasteiger partial charge in [-0.1, -0.05) is 6.07 Å². The largest absolute Gasteiger partial charge is 0.486 e. The molecule has 0 saturated heterocycles. The minimum atomic E-state index is -0.569. The van der Waals surface area contributed by atoms with E-state index in [2.05, 4.69) is 20.6 Å². The molecule has 156 valence electrons. The van der Waals surface area contributed by atoms with E-state index < -0.39 is 17.9 Å². The topological polar surface area (TPSA) is 129 Å². The van der Waals surface area contributed by atoms with Crippen molar-refractivity contribution in [3.63, 3.8) is 0 Å². The van der Waals surface area contributed by atoms with Crippen molar-refractivity contribution in [1.82, 2.24) is 20.6 Å². The lowest BCUT2D eigenvalue weighted by Gasteiger charge is -2.23. The summed E-state index contributed by atoms with van der Waals surface area (Å²) in [5, 5.41) is 5.66. The van der Waals surface area contributed by atoms with Gasteiger partial charge in [0.2, 0.25) is 0 Å². The Morgan fingerprint density at radius 2 is 1.60 bits per heavy atom. The number of ether oxygens (including phenoxy) is 2. The maximum absolute atomic E-state index is 12.7. The smallest absolute Gasteiger partial charge is 0.274 e. The van der Waals surface area contributed by atoms with Gasteiger partial charge in [-0.05, 0) is 31.5 Å². The molecule has 0 aliphatic carbocycles. The number of aromatic nitrogens is 2. The van der Waals surface area contributed by atoms with Gasteiger partial charge in [0, 0.05) is 6.54 Å². The van der Waals surface area contributed by atoms with E-state index in [-0.39, 0.29) is 17.9 Å². The van der Waals surface area contributed by atoms with Crippen LogP contribution in [-0.2, 0) is 0 Å². The van der Waals surface area contributed by atoms with Crippen LogP contribution in [0.15, 0.2) is 39.8 Å². The number of hydrogen-bond acceptors (Lipinski definition) is 8. The molecule has 1 aliphatic rings. The third-order valence-corrected chi connectivity index (χ3v) is 4.66. The molecule has 10 heteroatoms. The minimum absolute atomic E-state index is 0.105. The predicted molar refractivity (Wildman–Crippen MR) is 102 cm³/mol. The van der Waals surface area contributed by atoms with E-state index in [1.807, 2.05) is 6.07 Å². The van der Waals surface area contributed by atoms with Crippen molar-refractivity contribution >= 4 is 11.8 Å². The normalized spacial score (nSPS) is 13.5. The highest BCUT2D eigenvalue weighted by molar-refractivity contribution is 5.94. The summed E-state index contributed by atoms with van der Waals surface area (Å²) in [7, 11) is 0. The molecule has 0 fully saturated rings. The van der Waals surface area contributed by atoms with Crippen molar-refractivity contribution in [3.8, 4) is 11.5 Å². The maximum atomic E-state index is 12.7. The zero-order valence-corrected chi connectivity index (χ0v) is 16.4. The Morgan fingerprint density at radius 3 is 2.23 bits per heavy atom. The van der Waals surface area contributed by atoms with Gasteiger partial charge < -0.3 is 28.9 Å². The molecule has 0 radical (unpaired) electrons. The van der Waals surface area contributed by atoms with Crippen LogP contribution in [0.4, 0.5) is 0 Å². The van der Waals surface area contributed by atoms with Crippen molar-refractivity contribution in [2.24, 2.45) is 0 Å². The van der Waals surface area contributed by atoms with E-state index in [9.17, 15) is 9.59 Å². The Hall–Kier alpha value is -3.82. The van der Waals surface area contributed by atoms with Crippen molar-refractivity contribution in [3.05, 3.63) is 59.5 Å². The Morgan fingerprint density at radius 1 is 0.967 bits per heavy atom. The fourth-order valence-corrected chi connectivity index (χ4v) is 3.08. The van der Waals surface area contributed by atoms with E-state index >= 15 is 0 Å². The van der Waals surface area contributed by atoms with Crippen LogP contribution in [0.25, 0.3) is 0 Å². The number of hydrogen-bond donors (Lipinski definition) is 2. The molecule has 3 aromatic rings. The third kappa shape index (κ3) is 3.97. The van der Waals surface area contributed by atoms with Crippen LogP contribution in [0.2, 0.25) is 0 Å². The number of nitrogens with one attached hydrogen (secondary N) is 2. The maximum Gasteiger partial charge on any atom is 0.274 e. The molecule has 10 nitrogen and oxygen atoms in total. The van der Waals surface area contributed by atoms with Gasteiger partial charge in [0.25, 0.3) is 11.8 Å². The Kier molecular flexibility index (Phi) is 5.38. The summed E-state index contributed by atoms with van der Waals surface area (Å²) in [4.78, 5) is 33.0. The molecule has 2 amide bonds. The first kappa shape index (κ1) is 19.5. The lowest BCUT2D eigenvalue weighted by Crippen LogP contribution is -2.38. The van der Waals surface area contributed by atoms with Gasteiger partial charge in [0.1, 0.15) is 24.7 Å². The van der Waals surface area contributed by atoms with Crippen molar-refractivity contribution in [2.75, 3.05) is 19.8 Å². The van der Waals surface area contributed by atoms with Crippen LogP contribution in [0.1, 0.15) is 44.1 Å². The zero-order chi connectivity index (χ0) is 21.1. The Labute approximate surface area is 171 Å². The quantitative estimate of drug-likeness (QED) is 0.629. The molecule has 2 aromatic heterocycles. The fourth-order valence-electron chi connectivity index (χ4n) is 3.08. The first-order chi connectivity index (χ1) is 14.5. The summed E-state index contributed by atoms with van der Waals surface area (Å²) < 4.78 is 21.4. The van der Waals surface area contributed by atoms with Crippen molar-refractivity contribution in [1.29, 1.82) is 0 Å². The molecule has 1 aliphatic heterocycles. The summed E-state index contributed by atoms with van der Waals surface area (Å²) in [6, 6.07) is 4.79.